The van der Waals surface area contributed by atoms with Gasteiger partial charge >= 0.3 is 11.9 Å². The summed E-state index contributed by atoms with van der Waals surface area (Å²) < 4.78 is 18.0. The lowest BCUT2D eigenvalue weighted by atomic mass is 9.32. The molecule has 41 heavy (non-hydrogen) atoms. The maximum Gasteiger partial charge on any atom is 0.312 e. The number of ether oxygens (including phenoxy) is 3. The van der Waals surface area contributed by atoms with Gasteiger partial charge in [-0.3, -0.25) is 9.59 Å². The Morgan fingerprint density at radius 2 is 1.54 bits per heavy atom. The summed E-state index contributed by atoms with van der Waals surface area (Å²) >= 11 is 0. The van der Waals surface area contributed by atoms with Gasteiger partial charge in [-0.2, -0.15) is 0 Å². The Kier molecular flexibility index (Phi) is 7.70. The van der Waals surface area contributed by atoms with E-state index in [0.29, 0.717) is 35.7 Å². The summed E-state index contributed by atoms with van der Waals surface area (Å²) in [6, 6.07) is 0. The lowest BCUT2D eigenvalue weighted by Crippen LogP contribution is -2.67. The van der Waals surface area contributed by atoms with Crippen LogP contribution in [0.5, 0.6) is 0 Å². The van der Waals surface area contributed by atoms with E-state index >= 15 is 0 Å². The maximum atomic E-state index is 13.5. The number of fused-ring (bicyclic) bond motifs is 3. The van der Waals surface area contributed by atoms with Crippen molar-refractivity contribution in [1.82, 2.24) is 0 Å². The highest BCUT2D eigenvalue weighted by atomic mass is 16.5. The summed E-state index contributed by atoms with van der Waals surface area (Å²) in [7, 11) is 0. The van der Waals surface area contributed by atoms with Gasteiger partial charge in [0.25, 0.3) is 0 Å². The highest BCUT2D eigenvalue weighted by Crippen LogP contribution is 2.77. The van der Waals surface area contributed by atoms with E-state index in [1.807, 2.05) is 13.8 Å². The van der Waals surface area contributed by atoms with E-state index in [1.165, 1.54) is 32.1 Å². The fourth-order valence-corrected chi connectivity index (χ4v) is 11.7. The average molecular weight is 569 g/mol. The van der Waals surface area contributed by atoms with Crippen LogP contribution in [0.25, 0.3) is 0 Å². The molecule has 0 amide bonds. The van der Waals surface area contributed by atoms with Gasteiger partial charge in [-0.15, -0.1) is 0 Å². The van der Waals surface area contributed by atoms with Gasteiger partial charge in [-0.05, 0) is 116 Å². The van der Waals surface area contributed by atoms with Crippen molar-refractivity contribution in [2.75, 3.05) is 19.8 Å². The van der Waals surface area contributed by atoms with Gasteiger partial charge in [-0.25, -0.2) is 0 Å². The van der Waals surface area contributed by atoms with Crippen molar-refractivity contribution in [2.24, 2.45) is 56.2 Å². The Bertz CT molecular complexity index is 1080. The Morgan fingerprint density at radius 1 is 0.878 bits per heavy atom. The van der Waals surface area contributed by atoms with Crippen LogP contribution in [0.3, 0.4) is 0 Å². The van der Waals surface area contributed by atoms with Crippen molar-refractivity contribution in [3.63, 3.8) is 0 Å². The molecule has 1 aliphatic heterocycles. The van der Waals surface area contributed by atoms with Crippen molar-refractivity contribution < 1.29 is 23.8 Å². The van der Waals surface area contributed by atoms with Crippen molar-refractivity contribution >= 4 is 11.9 Å². The fourth-order valence-electron chi connectivity index (χ4n) is 11.7. The topological polar surface area (TPSA) is 61.8 Å². The molecular formula is C36H56O5. The molecule has 5 aliphatic rings. The van der Waals surface area contributed by atoms with E-state index in [9.17, 15) is 9.59 Å². The molecule has 2 bridgehead atoms. The molecule has 9 atom stereocenters. The smallest absolute Gasteiger partial charge is 0.312 e. The van der Waals surface area contributed by atoms with E-state index in [2.05, 4.69) is 47.8 Å². The summed E-state index contributed by atoms with van der Waals surface area (Å²) in [5, 5.41) is 0. The second kappa shape index (κ2) is 10.2. The van der Waals surface area contributed by atoms with Crippen LogP contribution in [-0.2, 0) is 23.8 Å². The van der Waals surface area contributed by atoms with Crippen LogP contribution in [0, 0.1) is 56.2 Å². The molecule has 0 spiro atoms. The van der Waals surface area contributed by atoms with E-state index in [1.54, 1.807) is 12.2 Å². The second-order valence-electron chi connectivity index (χ2n) is 16.5. The summed E-state index contributed by atoms with van der Waals surface area (Å²) in [6.45, 7) is 25.2. The van der Waals surface area contributed by atoms with Gasteiger partial charge in [0.05, 0.1) is 24.5 Å². The first-order valence-corrected chi connectivity index (χ1v) is 16.3. The molecule has 5 heteroatoms. The van der Waals surface area contributed by atoms with Gasteiger partial charge in [0, 0.05) is 0 Å². The van der Waals surface area contributed by atoms with Gasteiger partial charge in [0.2, 0.25) is 0 Å². The molecule has 0 aromatic carbocycles. The zero-order valence-electron chi connectivity index (χ0n) is 27.0. The van der Waals surface area contributed by atoms with Crippen LogP contribution in [0.4, 0.5) is 0 Å². The molecule has 0 aromatic heterocycles. The highest BCUT2D eigenvalue weighted by Gasteiger charge is 2.72. The maximum absolute atomic E-state index is 13.5. The zero-order valence-corrected chi connectivity index (χ0v) is 27.0. The summed E-state index contributed by atoms with van der Waals surface area (Å²) in [5.74, 6) is 1.17. The number of hydrogen-bond acceptors (Lipinski definition) is 5. The third-order valence-electron chi connectivity index (χ3n) is 14.0. The Balaban J connectivity index is 1.53. The first kappa shape index (κ1) is 30.8. The molecule has 1 heterocycles. The zero-order chi connectivity index (χ0) is 30.1. The minimum Gasteiger partial charge on any atom is -0.461 e. The molecule has 5 fully saturated rings. The van der Waals surface area contributed by atoms with Gasteiger partial charge in [0.1, 0.15) is 13.2 Å². The summed E-state index contributed by atoms with van der Waals surface area (Å²) in [4.78, 5) is 26.9. The first-order chi connectivity index (χ1) is 19.1. The number of carbonyl (C=O) groups is 2. The second-order valence-corrected chi connectivity index (χ2v) is 16.5. The molecule has 230 valence electrons. The SMILES string of the molecule is C=CCOC(=O)C[C@]1(C)[C@H]2CC[C@@H]3[C@H]4[C@H]5OC[C@@]4(CCC5(C)C)CC[C@@]3(C)[C@]2(C)CC[C@H]1C(C)(C)C(=O)OCC=C. The minimum absolute atomic E-state index is 0.00452. The van der Waals surface area contributed by atoms with Crippen LogP contribution in [0.15, 0.2) is 25.3 Å². The van der Waals surface area contributed by atoms with Crippen LogP contribution in [-0.4, -0.2) is 37.9 Å². The minimum atomic E-state index is -0.730. The molecule has 5 rings (SSSR count). The van der Waals surface area contributed by atoms with Crippen LogP contribution < -0.4 is 0 Å². The Hall–Kier alpha value is -1.62. The molecule has 0 aromatic rings. The van der Waals surface area contributed by atoms with E-state index in [-0.39, 0.29) is 47.3 Å². The predicted octanol–water partition coefficient (Wildman–Crippen LogP) is 7.93. The van der Waals surface area contributed by atoms with Crippen LogP contribution in [0.1, 0.15) is 106 Å². The van der Waals surface area contributed by atoms with E-state index in [0.717, 1.165) is 25.9 Å². The molecule has 4 saturated carbocycles. The third kappa shape index (κ3) is 4.41. The standard InChI is InChI=1S/C36H56O5/c1-10-20-39-27(37)22-33(7)25(32(5,6)30(38)40-21-11-2)14-15-35(9)26(33)13-12-24-28-29-31(3,4)16-18-36(28,23-41-29)19-17-34(24,35)8/h10-11,24-26,28-29H,1-2,12-23H2,3-9H3/t24-,25+,26-,28+,29-,33+,34-,35-,36-/m1/s1. The summed E-state index contributed by atoms with van der Waals surface area (Å²) in [5.41, 5.74) is -0.340. The molecule has 1 saturated heterocycles. The Morgan fingerprint density at radius 3 is 2.22 bits per heavy atom. The van der Waals surface area contributed by atoms with Crippen molar-refractivity contribution in [1.29, 1.82) is 0 Å². The number of rotatable bonds is 8. The molecule has 0 radical (unpaired) electrons. The molecule has 4 aliphatic carbocycles. The Labute approximate surface area is 249 Å². The van der Waals surface area contributed by atoms with Crippen molar-refractivity contribution in [3.05, 3.63) is 25.3 Å². The number of carbonyl (C=O) groups excluding carboxylic acids is 2. The molecule has 0 unspecified atom stereocenters. The number of esters is 2. The van der Waals surface area contributed by atoms with E-state index in [4.69, 9.17) is 14.2 Å². The summed E-state index contributed by atoms with van der Waals surface area (Å²) in [6.07, 6.45) is 13.2. The van der Waals surface area contributed by atoms with Gasteiger partial charge in [-0.1, -0.05) is 59.9 Å². The van der Waals surface area contributed by atoms with Crippen LogP contribution in [0.2, 0.25) is 0 Å². The lowest BCUT2D eigenvalue weighted by Gasteiger charge is -2.72. The van der Waals surface area contributed by atoms with Crippen LogP contribution >= 0.6 is 0 Å². The van der Waals surface area contributed by atoms with Gasteiger partial charge in [0.15, 0.2) is 0 Å². The monoisotopic (exact) mass is 568 g/mol. The molecular weight excluding hydrogens is 512 g/mol. The van der Waals surface area contributed by atoms with E-state index < -0.39 is 10.8 Å². The quantitative estimate of drug-likeness (QED) is 0.220. The van der Waals surface area contributed by atoms with Gasteiger partial charge < -0.3 is 14.2 Å². The first-order valence-electron chi connectivity index (χ1n) is 16.3. The normalized spacial score (nSPS) is 44.5. The predicted molar refractivity (Wildman–Crippen MR) is 162 cm³/mol. The van der Waals surface area contributed by atoms with Crippen molar-refractivity contribution in [2.45, 2.75) is 112 Å². The van der Waals surface area contributed by atoms with Crippen molar-refractivity contribution in [3.8, 4) is 0 Å². The largest absolute Gasteiger partial charge is 0.461 e. The number of hydrogen-bond donors (Lipinski definition) is 0. The third-order valence-corrected chi connectivity index (χ3v) is 14.0. The lowest BCUT2D eigenvalue weighted by molar-refractivity contribution is -0.238. The fraction of sp³-hybridized carbons (Fsp3) is 0.833. The highest BCUT2D eigenvalue weighted by molar-refractivity contribution is 5.77. The average Bonchev–Trinajstić information content (AvgIpc) is 3.24. The molecule has 5 nitrogen and oxygen atoms in total. The molecule has 0 N–H and O–H groups in total.